The lowest BCUT2D eigenvalue weighted by Crippen LogP contribution is -2.42. The lowest BCUT2D eigenvalue weighted by molar-refractivity contribution is -0.117. The Morgan fingerprint density at radius 2 is 1.69 bits per heavy atom. The van der Waals surface area contributed by atoms with Crippen molar-refractivity contribution in [3.8, 4) is 0 Å². The van der Waals surface area contributed by atoms with Gasteiger partial charge in [0.2, 0.25) is 0 Å². The van der Waals surface area contributed by atoms with E-state index in [0.717, 1.165) is 17.5 Å². The van der Waals surface area contributed by atoms with Crippen LogP contribution in [0.1, 0.15) is 40.1 Å². The van der Waals surface area contributed by atoms with Gasteiger partial charge in [-0.15, -0.1) is 0 Å². The fraction of sp³-hybridized carbons (Fsp3) is 0.143. The highest BCUT2D eigenvalue weighted by molar-refractivity contribution is 6.11. The molecule has 1 N–H and O–H groups in total. The quantitative estimate of drug-likeness (QED) is 0.388. The average molecular weight is 469 g/mol. The maximum Gasteiger partial charge on any atom is 0.279 e. The molecule has 7 heteroatoms. The molecule has 1 atom stereocenters. The van der Waals surface area contributed by atoms with Gasteiger partial charge in [0.05, 0.1) is 6.20 Å². The van der Waals surface area contributed by atoms with Crippen molar-refractivity contribution >= 4 is 23.2 Å². The lowest BCUT2D eigenvalue weighted by Gasteiger charge is -2.32. The summed E-state index contributed by atoms with van der Waals surface area (Å²) in [6, 6.07) is 19.4. The van der Waals surface area contributed by atoms with Gasteiger partial charge < -0.3 is 5.32 Å². The van der Waals surface area contributed by atoms with E-state index in [-0.39, 0.29) is 5.69 Å². The van der Waals surface area contributed by atoms with Crippen molar-refractivity contribution in [2.24, 2.45) is 0 Å². The standard InChI is InChI=1S/C28H25FN4O2/c1-3-20-8-14-23(15-9-20)33(28(35)25-18-30-16-17-31-25)26(24-7-5-4-6-19(24)2)27(34)32-22-12-10-21(29)11-13-22/h4-18,26H,3H2,1-2H3,(H,32,34)/t26-/m0/s1. The van der Waals surface area contributed by atoms with Crippen molar-refractivity contribution < 1.29 is 14.0 Å². The second kappa shape index (κ2) is 10.7. The van der Waals surface area contributed by atoms with Gasteiger partial charge >= 0.3 is 0 Å². The van der Waals surface area contributed by atoms with Gasteiger partial charge in [0.25, 0.3) is 11.8 Å². The molecular weight excluding hydrogens is 443 g/mol. The van der Waals surface area contributed by atoms with E-state index >= 15 is 0 Å². The van der Waals surface area contributed by atoms with Crippen LogP contribution in [0.3, 0.4) is 0 Å². The molecule has 0 saturated carbocycles. The van der Waals surface area contributed by atoms with Crippen LogP contribution in [0.5, 0.6) is 0 Å². The predicted molar refractivity (Wildman–Crippen MR) is 134 cm³/mol. The minimum atomic E-state index is -1.02. The smallest absolute Gasteiger partial charge is 0.279 e. The molecular formula is C28H25FN4O2. The third kappa shape index (κ3) is 5.41. The van der Waals surface area contributed by atoms with E-state index in [1.54, 1.807) is 0 Å². The van der Waals surface area contributed by atoms with Gasteiger partial charge in [0, 0.05) is 23.8 Å². The molecule has 0 unspecified atom stereocenters. The largest absolute Gasteiger partial charge is 0.324 e. The van der Waals surface area contributed by atoms with Gasteiger partial charge in [0.15, 0.2) is 0 Å². The molecule has 2 amide bonds. The normalized spacial score (nSPS) is 11.5. The van der Waals surface area contributed by atoms with Gasteiger partial charge in [-0.3, -0.25) is 19.5 Å². The third-order valence-electron chi connectivity index (χ3n) is 5.73. The van der Waals surface area contributed by atoms with E-state index in [0.29, 0.717) is 16.9 Å². The zero-order valence-electron chi connectivity index (χ0n) is 19.5. The summed E-state index contributed by atoms with van der Waals surface area (Å²) >= 11 is 0. The van der Waals surface area contributed by atoms with E-state index < -0.39 is 23.7 Å². The number of nitrogens with one attached hydrogen (secondary N) is 1. The molecule has 4 aromatic rings. The number of hydrogen-bond donors (Lipinski definition) is 1. The Hall–Kier alpha value is -4.39. The Kier molecular flexibility index (Phi) is 7.26. The number of benzene rings is 3. The molecule has 4 rings (SSSR count). The van der Waals surface area contributed by atoms with Crippen LogP contribution in [-0.2, 0) is 11.2 Å². The minimum absolute atomic E-state index is 0.111. The summed E-state index contributed by atoms with van der Waals surface area (Å²) in [5.41, 5.74) is 3.67. The molecule has 6 nitrogen and oxygen atoms in total. The number of carbonyl (C=O) groups excluding carboxylic acids is 2. The molecule has 0 radical (unpaired) electrons. The second-order valence-corrected chi connectivity index (χ2v) is 8.04. The van der Waals surface area contributed by atoms with Crippen molar-refractivity contribution in [2.75, 3.05) is 10.2 Å². The molecule has 0 spiro atoms. The summed E-state index contributed by atoms with van der Waals surface area (Å²) in [6.45, 7) is 3.93. The Bertz CT molecular complexity index is 1310. The van der Waals surface area contributed by atoms with E-state index in [2.05, 4.69) is 15.3 Å². The maximum absolute atomic E-state index is 13.8. The van der Waals surface area contributed by atoms with E-state index in [9.17, 15) is 14.0 Å². The molecule has 0 aliphatic heterocycles. The second-order valence-electron chi connectivity index (χ2n) is 8.04. The highest BCUT2D eigenvalue weighted by Gasteiger charge is 2.35. The number of anilines is 2. The highest BCUT2D eigenvalue weighted by atomic mass is 19.1. The highest BCUT2D eigenvalue weighted by Crippen LogP contribution is 2.32. The molecule has 0 aliphatic carbocycles. The zero-order valence-corrected chi connectivity index (χ0v) is 19.5. The zero-order chi connectivity index (χ0) is 24.8. The number of aryl methyl sites for hydroxylation is 2. The van der Waals surface area contributed by atoms with Crippen LogP contribution in [0.4, 0.5) is 15.8 Å². The van der Waals surface area contributed by atoms with Crippen LogP contribution in [0.2, 0.25) is 0 Å². The van der Waals surface area contributed by atoms with E-state index in [1.165, 1.54) is 47.8 Å². The molecule has 1 heterocycles. The summed E-state index contributed by atoms with van der Waals surface area (Å²) < 4.78 is 13.4. The van der Waals surface area contributed by atoms with Gasteiger partial charge in [-0.25, -0.2) is 9.37 Å². The number of nitrogens with zero attached hydrogens (tertiary/aromatic N) is 3. The molecule has 3 aromatic carbocycles. The predicted octanol–water partition coefficient (Wildman–Crippen LogP) is 5.51. The first kappa shape index (κ1) is 23.8. The molecule has 0 fully saturated rings. The number of carbonyl (C=O) groups is 2. The number of aromatic nitrogens is 2. The fourth-order valence-corrected chi connectivity index (χ4v) is 3.84. The lowest BCUT2D eigenvalue weighted by atomic mass is 9.97. The molecule has 0 bridgehead atoms. The fourth-order valence-electron chi connectivity index (χ4n) is 3.84. The molecule has 35 heavy (non-hydrogen) atoms. The number of rotatable bonds is 7. The third-order valence-corrected chi connectivity index (χ3v) is 5.73. The maximum atomic E-state index is 13.8. The van der Waals surface area contributed by atoms with Crippen molar-refractivity contribution in [1.29, 1.82) is 0 Å². The first-order valence-corrected chi connectivity index (χ1v) is 11.3. The van der Waals surface area contributed by atoms with Crippen LogP contribution >= 0.6 is 0 Å². The van der Waals surface area contributed by atoms with Gasteiger partial charge in [-0.05, 0) is 66.4 Å². The van der Waals surface area contributed by atoms with Crippen molar-refractivity contribution in [2.45, 2.75) is 26.3 Å². The van der Waals surface area contributed by atoms with Gasteiger partial charge in [-0.2, -0.15) is 0 Å². The van der Waals surface area contributed by atoms with E-state index in [1.807, 2.05) is 62.4 Å². The summed E-state index contributed by atoms with van der Waals surface area (Å²) in [7, 11) is 0. The first-order chi connectivity index (χ1) is 17.0. The Morgan fingerprint density at radius 3 is 2.31 bits per heavy atom. The van der Waals surface area contributed by atoms with Crippen molar-refractivity contribution in [3.63, 3.8) is 0 Å². The van der Waals surface area contributed by atoms with Gasteiger partial charge in [0.1, 0.15) is 17.6 Å². The number of halogens is 1. The minimum Gasteiger partial charge on any atom is -0.324 e. The van der Waals surface area contributed by atoms with Crippen LogP contribution < -0.4 is 10.2 Å². The molecule has 176 valence electrons. The van der Waals surface area contributed by atoms with Gasteiger partial charge in [-0.1, -0.05) is 43.3 Å². The van der Waals surface area contributed by atoms with E-state index in [4.69, 9.17) is 0 Å². The summed E-state index contributed by atoms with van der Waals surface area (Å²) in [4.78, 5) is 37.3. The Balaban J connectivity index is 1.85. The van der Waals surface area contributed by atoms with Crippen LogP contribution in [-0.4, -0.2) is 21.8 Å². The van der Waals surface area contributed by atoms with Crippen LogP contribution in [0.25, 0.3) is 0 Å². The van der Waals surface area contributed by atoms with Crippen molar-refractivity contribution in [1.82, 2.24) is 9.97 Å². The molecule has 1 aromatic heterocycles. The number of amides is 2. The summed E-state index contributed by atoms with van der Waals surface area (Å²) in [6.07, 6.45) is 5.14. The molecule has 0 saturated heterocycles. The monoisotopic (exact) mass is 468 g/mol. The SMILES string of the molecule is CCc1ccc(N(C(=O)c2cnccn2)[C@H](C(=O)Nc2ccc(F)cc2)c2ccccc2C)cc1. The summed E-state index contributed by atoms with van der Waals surface area (Å²) in [5, 5.41) is 2.84. The number of hydrogen-bond acceptors (Lipinski definition) is 4. The van der Waals surface area contributed by atoms with Crippen LogP contribution in [0, 0.1) is 12.7 Å². The Morgan fingerprint density at radius 1 is 0.971 bits per heavy atom. The topological polar surface area (TPSA) is 75.2 Å². The Labute approximate surface area is 203 Å². The summed E-state index contributed by atoms with van der Waals surface area (Å²) in [5.74, 6) is -1.32. The van der Waals surface area contributed by atoms with Crippen LogP contribution in [0.15, 0.2) is 91.4 Å². The first-order valence-electron chi connectivity index (χ1n) is 11.3. The van der Waals surface area contributed by atoms with Crippen molar-refractivity contribution in [3.05, 3.63) is 120 Å². The molecule has 0 aliphatic rings. The average Bonchev–Trinajstić information content (AvgIpc) is 2.89.